The quantitative estimate of drug-likeness (QED) is 0.567. The number of rotatable bonds is 2. The molecule has 4 rings (SSSR count). The van der Waals surface area contributed by atoms with Gasteiger partial charge in [0.1, 0.15) is 5.88 Å². The van der Waals surface area contributed by atoms with E-state index < -0.39 is 0 Å². The lowest BCUT2D eigenvalue weighted by Gasteiger charge is -2.07. The Morgan fingerprint density at radius 3 is 2.75 bits per heavy atom. The van der Waals surface area contributed by atoms with Crippen molar-refractivity contribution in [1.29, 1.82) is 0 Å². The summed E-state index contributed by atoms with van der Waals surface area (Å²) in [5.74, 6) is -0.831. The fraction of sp³-hybridized carbons (Fsp3) is 0.0588. The Labute approximate surface area is 140 Å². The van der Waals surface area contributed by atoms with Gasteiger partial charge in [-0.05, 0) is 30.3 Å². The molecule has 0 saturated carbocycles. The molecule has 7 heteroatoms. The molecule has 0 atom stereocenters. The highest BCUT2D eigenvalue weighted by Crippen LogP contribution is 2.28. The fourth-order valence-corrected chi connectivity index (χ4v) is 2.88. The average Bonchev–Trinajstić information content (AvgIpc) is 2.88. The van der Waals surface area contributed by atoms with Gasteiger partial charge in [0.05, 0.1) is 22.2 Å². The van der Waals surface area contributed by atoms with Gasteiger partial charge in [0, 0.05) is 5.69 Å². The largest absolute Gasteiger partial charge is 0.325 e. The number of carbonyl (C=O) groups excluding carboxylic acids is 2. The Balaban J connectivity index is 1.93. The van der Waals surface area contributed by atoms with E-state index in [0.717, 1.165) is 0 Å². The van der Waals surface area contributed by atoms with Gasteiger partial charge in [0.15, 0.2) is 5.82 Å². The minimum atomic E-state index is -0.374. The number of nitrogens with zero attached hydrogens (tertiary/aromatic N) is 2. The van der Waals surface area contributed by atoms with Gasteiger partial charge in [-0.3, -0.25) is 19.0 Å². The van der Waals surface area contributed by atoms with Crippen LogP contribution in [-0.2, 0) is 4.79 Å². The van der Waals surface area contributed by atoms with Gasteiger partial charge in [-0.2, -0.15) is 0 Å². The smallest absolute Gasteiger partial charge is 0.266 e. The van der Waals surface area contributed by atoms with E-state index in [4.69, 9.17) is 11.6 Å². The van der Waals surface area contributed by atoms with Crippen LogP contribution in [0.25, 0.3) is 16.6 Å². The number of benzene rings is 2. The van der Waals surface area contributed by atoms with E-state index in [1.165, 1.54) is 10.6 Å². The third kappa shape index (κ3) is 2.04. The summed E-state index contributed by atoms with van der Waals surface area (Å²) in [5.41, 5.74) is 1.41. The van der Waals surface area contributed by atoms with Crippen LogP contribution in [-0.4, -0.2) is 27.1 Å². The van der Waals surface area contributed by atoms with E-state index in [1.807, 2.05) is 0 Å². The van der Waals surface area contributed by atoms with Crippen LogP contribution in [0.15, 0.2) is 47.3 Å². The number of hydrogen-bond donors (Lipinski definition) is 1. The highest BCUT2D eigenvalue weighted by Gasteiger charge is 2.30. The van der Waals surface area contributed by atoms with Crippen LogP contribution in [0.5, 0.6) is 0 Å². The maximum Gasteiger partial charge on any atom is 0.266 e. The van der Waals surface area contributed by atoms with Crippen molar-refractivity contribution < 1.29 is 9.59 Å². The maximum absolute atomic E-state index is 12.7. The van der Waals surface area contributed by atoms with Crippen LogP contribution in [0.1, 0.15) is 16.2 Å². The van der Waals surface area contributed by atoms with Crippen molar-refractivity contribution in [2.75, 3.05) is 11.2 Å². The summed E-state index contributed by atoms with van der Waals surface area (Å²) in [7, 11) is 0. The molecular weight excluding hydrogens is 330 g/mol. The van der Waals surface area contributed by atoms with Crippen LogP contribution in [0.4, 0.5) is 5.69 Å². The highest BCUT2D eigenvalue weighted by atomic mass is 35.5. The van der Waals surface area contributed by atoms with Crippen molar-refractivity contribution in [1.82, 2.24) is 9.55 Å². The lowest BCUT2D eigenvalue weighted by Crippen LogP contribution is -2.21. The maximum atomic E-state index is 12.7. The first-order valence-electron chi connectivity index (χ1n) is 7.17. The molecule has 3 aromatic rings. The zero-order chi connectivity index (χ0) is 16.8. The molecule has 6 nitrogen and oxygen atoms in total. The second-order valence-electron chi connectivity index (χ2n) is 5.34. The molecule has 1 aliphatic rings. The molecule has 1 amide bonds. The zero-order valence-electron chi connectivity index (χ0n) is 12.2. The van der Waals surface area contributed by atoms with E-state index in [0.29, 0.717) is 27.8 Å². The van der Waals surface area contributed by atoms with Crippen LogP contribution in [0.3, 0.4) is 0 Å². The molecule has 0 spiro atoms. The van der Waals surface area contributed by atoms with Crippen molar-refractivity contribution >= 4 is 39.9 Å². The lowest BCUT2D eigenvalue weighted by molar-refractivity contribution is -0.113. The first-order chi connectivity index (χ1) is 11.6. The number of carbonyl (C=O) groups is 2. The van der Waals surface area contributed by atoms with Gasteiger partial charge in [-0.1, -0.05) is 12.1 Å². The van der Waals surface area contributed by atoms with E-state index in [2.05, 4.69) is 10.3 Å². The van der Waals surface area contributed by atoms with E-state index in [-0.39, 0.29) is 29.0 Å². The van der Waals surface area contributed by atoms with Crippen LogP contribution in [0, 0.1) is 0 Å². The number of nitrogens with one attached hydrogen (secondary N) is 1. The molecular formula is C17H10ClN3O3. The summed E-state index contributed by atoms with van der Waals surface area (Å²) in [6.45, 7) is 0. The minimum Gasteiger partial charge on any atom is -0.325 e. The summed E-state index contributed by atoms with van der Waals surface area (Å²) >= 11 is 5.47. The topological polar surface area (TPSA) is 81.1 Å². The predicted octanol–water partition coefficient (Wildman–Crippen LogP) is 2.11. The Morgan fingerprint density at radius 2 is 1.96 bits per heavy atom. The number of hydrogen-bond acceptors (Lipinski definition) is 4. The third-order valence-corrected chi connectivity index (χ3v) is 4.11. The molecule has 2 aromatic carbocycles. The van der Waals surface area contributed by atoms with Gasteiger partial charge >= 0.3 is 0 Å². The monoisotopic (exact) mass is 339 g/mol. The van der Waals surface area contributed by atoms with Crippen LogP contribution < -0.4 is 10.9 Å². The lowest BCUT2D eigenvalue weighted by atomic mass is 10.1. The minimum absolute atomic E-state index is 0.0783. The summed E-state index contributed by atoms with van der Waals surface area (Å²) < 4.78 is 1.31. The Bertz CT molecular complexity index is 1090. The van der Waals surface area contributed by atoms with Gasteiger partial charge in [0.2, 0.25) is 11.7 Å². The van der Waals surface area contributed by atoms with Crippen molar-refractivity contribution in [3.05, 3.63) is 64.2 Å². The van der Waals surface area contributed by atoms with Crippen molar-refractivity contribution in [3.8, 4) is 5.69 Å². The number of ketones is 1. The number of anilines is 1. The number of para-hydroxylation sites is 1. The molecule has 1 aromatic heterocycles. The highest BCUT2D eigenvalue weighted by molar-refractivity contribution is 6.29. The molecule has 0 bridgehead atoms. The zero-order valence-corrected chi connectivity index (χ0v) is 13.0. The Kier molecular flexibility index (Phi) is 3.21. The molecule has 1 N–H and O–H groups in total. The molecule has 1 aliphatic heterocycles. The van der Waals surface area contributed by atoms with Crippen molar-refractivity contribution in [3.63, 3.8) is 0 Å². The molecule has 24 heavy (non-hydrogen) atoms. The summed E-state index contributed by atoms with van der Waals surface area (Å²) in [5, 5.41) is 3.03. The molecule has 0 unspecified atom stereocenters. The van der Waals surface area contributed by atoms with E-state index in [1.54, 1.807) is 36.4 Å². The summed E-state index contributed by atoms with van der Waals surface area (Å²) in [6.07, 6.45) is 0. The number of amides is 1. The first kappa shape index (κ1) is 14.6. The SMILES string of the molecule is O=C(CCl)Nc1ccc2c(c1)C(=O)c1nc3ccccc3c(=O)n1-2. The second kappa shape index (κ2) is 5.28. The van der Waals surface area contributed by atoms with Gasteiger partial charge in [-0.15, -0.1) is 11.6 Å². The van der Waals surface area contributed by atoms with E-state index >= 15 is 0 Å². The molecule has 0 aliphatic carbocycles. The van der Waals surface area contributed by atoms with Crippen molar-refractivity contribution in [2.24, 2.45) is 0 Å². The van der Waals surface area contributed by atoms with Gasteiger partial charge in [0.25, 0.3) is 5.56 Å². The number of aromatic nitrogens is 2. The Hall–Kier alpha value is -2.99. The van der Waals surface area contributed by atoms with E-state index in [9.17, 15) is 14.4 Å². The normalized spacial score (nSPS) is 12.1. The molecule has 2 heterocycles. The van der Waals surface area contributed by atoms with Gasteiger partial charge in [-0.25, -0.2) is 4.98 Å². The average molecular weight is 340 g/mol. The van der Waals surface area contributed by atoms with Gasteiger partial charge < -0.3 is 5.32 Å². The first-order valence-corrected chi connectivity index (χ1v) is 7.70. The number of halogens is 1. The van der Waals surface area contributed by atoms with Crippen molar-refractivity contribution in [2.45, 2.75) is 0 Å². The van der Waals surface area contributed by atoms with Crippen LogP contribution in [0.2, 0.25) is 0 Å². The Morgan fingerprint density at radius 1 is 1.17 bits per heavy atom. The predicted molar refractivity (Wildman–Crippen MR) is 90.1 cm³/mol. The molecule has 0 saturated heterocycles. The third-order valence-electron chi connectivity index (χ3n) is 3.87. The standard InChI is InChI=1S/C17H10ClN3O3/c18-8-14(22)19-9-5-6-13-11(7-9)15(23)16-20-12-4-2-1-3-10(12)17(24)21(13)16/h1-7H,8H2,(H,19,22). The molecule has 0 radical (unpaired) electrons. The molecule has 0 fully saturated rings. The van der Waals surface area contributed by atoms with Crippen LogP contribution >= 0.6 is 11.6 Å². The summed E-state index contributed by atoms with van der Waals surface area (Å²) in [4.78, 5) is 41.1. The second-order valence-corrected chi connectivity index (χ2v) is 5.60. The summed E-state index contributed by atoms with van der Waals surface area (Å²) in [6, 6.07) is 11.6. The number of alkyl halides is 1. The number of fused-ring (bicyclic) bond motifs is 4. The molecule has 118 valence electrons. The fourth-order valence-electron chi connectivity index (χ4n) is 2.81.